The lowest BCUT2D eigenvalue weighted by molar-refractivity contribution is -0.137. The quantitative estimate of drug-likeness (QED) is 0.899. The second-order valence-electron chi connectivity index (χ2n) is 5.70. The highest BCUT2D eigenvalue weighted by atomic mass is 16.2. The van der Waals surface area contributed by atoms with Gasteiger partial charge in [0, 0.05) is 32.7 Å². The molecule has 1 aliphatic rings. The number of hydrogen-bond donors (Lipinski definition) is 1. The van der Waals surface area contributed by atoms with E-state index < -0.39 is 0 Å². The number of hydrogen-bond acceptors (Lipinski definition) is 3. The van der Waals surface area contributed by atoms with Crippen LogP contribution in [0.25, 0.3) is 0 Å². The maximum Gasteiger partial charge on any atom is 0.239 e. The predicted molar refractivity (Wildman–Crippen MR) is 81.3 cm³/mol. The fraction of sp³-hybridized carbons (Fsp3) is 0.562. The Morgan fingerprint density at radius 1 is 1.35 bits per heavy atom. The van der Waals surface area contributed by atoms with Gasteiger partial charge in [0.15, 0.2) is 0 Å². The topological polar surface area (TPSA) is 49.6 Å². The molecular weight excluding hydrogens is 250 g/mol. The number of rotatable bonds is 4. The van der Waals surface area contributed by atoms with Crippen LogP contribution in [-0.2, 0) is 17.8 Å². The summed E-state index contributed by atoms with van der Waals surface area (Å²) in [6, 6.07) is 8.48. The van der Waals surface area contributed by atoms with Crippen molar-refractivity contribution in [3.8, 4) is 0 Å². The van der Waals surface area contributed by atoms with Gasteiger partial charge in [-0.05, 0) is 31.4 Å². The standard InChI is InChI=1S/C16H25N3O/c1-12(10-17)18(3)16(20)13(2)19-9-8-14-6-4-5-7-15(14)11-19/h4-7,12-13H,8-11,17H2,1-3H3. The van der Waals surface area contributed by atoms with Gasteiger partial charge in [-0.1, -0.05) is 24.3 Å². The smallest absolute Gasteiger partial charge is 0.239 e. The van der Waals surface area contributed by atoms with Crippen LogP contribution < -0.4 is 5.73 Å². The van der Waals surface area contributed by atoms with E-state index in [9.17, 15) is 4.79 Å². The number of fused-ring (bicyclic) bond motifs is 1. The molecule has 4 nitrogen and oxygen atoms in total. The second-order valence-corrected chi connectivity index (χ2v) is 5.70. The minimum absolute atomic E-state index is 0.0852. The first-order chi connectivity index (χ1) is 9.54. The Morgan fingerprint density at radius 3 is 2.65 bits per heavy atom. The summed E-state index contributed by atoms with van der Waals surface area (Å²) >= 11 is 0. The molecule has 0 fully saturated rings. The third-order valence-electron chi connectivity index (χ3n) is 4.42. The molecule has 4 heteroatoms. The Bertz CT molecular complexity index is 475. The summed E-state index contributed by atoms with van der Waals surface area (Å²) in [4.78, 5) is 16.5. The van der Waals surface area contributed by atoms with Gasteiger partial charge >= 0.3 is 0 Å². The van der Waals surface area contributed by atoms with Gasteiger partial charge < -0.3 is 10.6 Å². The molecule has 1 aromatic rings. The van der Waals surface area contributed by atoms with Crippen LogP contribution in [-0.4, -0.2) is 47.9 Å². The Labute approximate surface area is 121 Å². The fourth-order valence-electron chi connectivity index (χ4n) is 2.67. The highest BCUT2D eigenvalue weighted by Crippen LogP contribution is 2.21. The third-order valence-corrected chi connectivity index (χ3v) is 4.42. The SMILES string of the molecule is CC(C(=O)N(C)C(C)CN)N1CCc2ccccc2C1. The first-order valence-electron chi connectivity index (χ1n) is 7.32. The molecule has 110 valence electrons. The Balaban J connectivity index is 2.04. The normalized spacial score (nSPS) is 18.2. The molecule has 2 atom stereocenters. The van der Waals surface area contributed by atoms with Crippen molar-refractivity contribution in [1.82, 2.24) is 9.80 Å². The summed E-state index contributed by atoms with van der Waals surface area (Å²) in [7, 11) is 1.84. The van der Waals surface area contributed by atoms with Gasteiger partial charge in [0.05, 0.1) is 6.04 Å². The van der Waals surface area contributed by atoms with Crippen LogP contribution in [0.5, 0.6) is 0 Å². The molecule has 2 N–H and O–H groups in total. The monoisotopic (exact) mass is 275 g/mol. The van der Waals surface area contributed by atoms with Gasteiger partial charge in [-0.2, -0.15) is 0 Å². The highest BCUT2D eigenvalue weighted by Gasteiger charge is 2.28. The number of carbonyl (C=O) groups excluding carboxylic acids is 1. The maximum absolute atomic E-state index is 12.5. The first-order valence-corrected chi connectivity index (χ1v) is 7.32. The summed E-state index contributed by atoms with van der Waals surface area (Å²) in [5.41, 5.74) is 8.40. The molecule has 1 aliphatic heterocycles. The zero-order chi connectivity index (χ0) is 14.7. The predicted octanol–water partition coefficient (Wildman–Crippen LogP) is 1.24. The van der Waals surface area contributed by atoms with Crippen molar-refractivity contribution >= 4 is 5.91 Å². The molecule has 2 unspecified atom stereocenters. The number of nitrogens with zero attached hydrogens (tertiary/aromatic N) is 2. The lowest BCUT2D eigenvalue weighted by Gasteiger charge is -2.36. The van der Waals surface area contributed by atoms with Crippen molar-refractivity contribution in [2.24, 2.45) is 5.73 Å². The van der Waals surface area contributed by atoms with E-state index in [0.29, 0.717) is 6.54 Å². The van der Waals surface area contributed by atoms with E-state index in [2.05, 4.69) is 29.2 Å². The van der Waals surface area contributed by atoms with E-state index in [0.717, 1.165) is 19.5 Å². The minimum atomic E-state index is -0.0950. The molecule has 0 spiro atoms. The third kappa shape index (κ3) is 3.02. The van der Waals surface area contributed by atoms with E-state index >= 15 is 0 Å². The summed E-state index contributed by atoms with van der Waals surface area (Å²) < 4.78 is 0. The summed E-state index contributed by atoms with van der Waals surface area (Å²) in [6.07, 6.45) is 1.02. The average molecular weight is 275 g/mol. The highest BCUT2D eigenvalue weighted by molar-refractivity contribution is 5.81. The van der Waals surface area contributed by atoms with Crippen LogP contribution in [0.1, 0.15) is 25.0 Å². The zero-order valence-corrected chi connectivity index (χ0v) is 12.7. The molecule has 0 radical (unpaired) electrons. The molecule has 1 aromatic carbocycles. The Hall–Kier alpha value is -1.39. The number of carbonyl (C=O) groups is 1. The average Bonchev–Trinajstić information content (AvgIpc) is 2.51. The molecule has 0 aliphatic carbocycles. The largest absolute Gasteiger partial charge is 0.340 e. The molecule has 0 saturated carbocycles. The van der Waals surface area contributed by atoms with Gasteiger partial charge in [-0.25, -0.2) is 0 Å². The second kappa shape index (κ2) is 6.37. The number of nitrogens with two attached hydrogens (primary N) is 1. The van der Waals surface area contributed by atoms with Crippen molar-refractivity contribution in [2.45, 2.75) is 38.9 Å². The van der Waals surface area contributed by atoms with Crippen LogP contribution in [0.2, 0.25) is 0 Å². The Kier molecular flexibility index (Phi) is 4.78. The summed E-state index contributed by atoms with van der Waals surface area (Å²) in [5.74, 6) is 0.155. The van der Waals surface area contributed by atoms with Crippen molar-refractivity contribution in [3.63, 3.8) is 0 Å². The lowest BCUT2D eigenvalue weighted by Crippen LogP contribution is -2.51. The van der Waals surface area contributed by atoms with E-state index in [-0.39, 0.29) is 18.0 Å². The van der Waals surface area contributed by atoms with Gasteiger partial charge in [-0.3, -0.25) is 9.69 Å². The summed E-state index contributed by atoms with van der Waals surface area (Å²) in [6.45, 7) is 6.27. The van der Waals surface area contributed by atoms with Crippen molar-refractivity contribution in [2.75, 3.05) is 20.1 Å². The van der Waals surface area contributed by atoms with E-state index in [1.165, 1.54) is 11.1 Å². The number of amides is 1. The van der Waals surface area contributed by atoms with Gasteiger partial charge in [-0.15, -0.1) is 0 Å². The number of likely N-dealkylation sites (N-methyl/N-ethyl adjacent to an activating group) is 1. The van der Waals surface area contributed by atoms with Crippen LogP contribution in [0, 0.1) is 0 Å². The molecular formula is C16H25N3O. The first kappa shape index (κ1) is 15.0. The Morgan fingerprint density at radius 2 is 2.00 bits per heavy atom. The molecule has 1 amide bonds. The van der Waals surface area contributed by atoms with Crippen molar-refractivity contribution in [1.29, 1.82) is 0 Å². The summed E-state index contributed by atoms with van der Waals surface area (Å²) in [5, 5.41) is 0. The van der Waals surface area contributed by atoms with Crippen LogP contribution in [0.3, 0.4) is 0 Å². The molecule has 0 saturated heterocycles. The molecule has 0 aromatic heterocycles. The molecule has 2 rings (SSSR count). The van der Waals surface area contributed by atoms with Gasteiger partial charge in [0.2, 0.25) is 5.91 Å². The van der Waals surface area contributed by atoms with Crippen molar-refractivity contribution in [3.05, 3.63) is 35.4 Å². The maximum atomic E-state index is 12.5. The van der Waals surface area contributed by atoms with Gasteiger partial charge in [0.1, 0.15) is 0 Å². The van der Waals surface area contributed by atoms with Crippen LogP contribution in [0.15, 0.2) is 24.3 Å². The van der Waals surface area contributed by atoms with Crippen LogP contribution >= 0.6 is 0 Å². The van der Waals surface area contributed by atoms with E-state index in [1.807, 2.05) is 20.9 Å². The minimum Gasteiger partial charge on any atom is -0.340 e. The molecule has 0 bridgehead atoms. The van der Waals surface area contributed by atoms with E-state index in [1.54, 1.807) is 4.90 Å². The van der Waals surface area contributed by atoms with Gasteiger partial charge in [0.25, 0.3) is 0 Å². The van der Waals surface area contributed by atoms with Crippen molar-refractivity contribution < 1.29 is 4.79 Å². The zero-order valence-electron chi connectivity index (χ0n) is 12.7. The fourth-order valence-corrected chi connectivity index (χ4v) is 2.67. The lowest BCUT2D eigenvalue weighted by atomic mass is 9.98. The number of benzene rings is 1. The van der Waals surface area contributed by atoms with Crippen LogP contribution in [0.4, 0.5) is 0 Å². The molecule has 20 heavy (non-hydrogen) atoms. The molecule has 1 heterocycles. The van der Waals surface area contributed by atoms with E-state index in [4.69, 9.17) is 5.73 Å².